The Morgan fingerprint density at radius 3 is 3.19 bits per heavy atom. The van der Waals surface area contributed by atoms with E-state index in [-0.39, 0.29) is 16.9 Å². The second kappa shape index (κ2) is 5.21. The van der Waals surface area contributed by atoms with Crippen molar-refractivity contribution in [1.29, 1.82) is 0 Å². The van der Waals surface area contributed by atoms with Crippen LogP contribution < -0.4 is 10.7 Å². The van der Waals surface area contributed by atoms with Gasteiger partial charge in [0.25, 0.3) is 5.91 Å². The first-order chi connectivity index (χ1) is 7.77. The van der Waals surface area contributed by atoms with Gasteiger partial charge in [-0.05, 0) is 23.8 Å². The molecule has 0 aliphatic carbocycles. The highest BCUT2D eigenvalue weighted by atomic mass is 32.2. The van der Waals surface area contributed by atoms with Gasteiger partial charge in [-0.2, -0.15) is 11.8 Å². The van der Waals surface area contributed by atoms with Gasteiger partial charge in [-0.1, -0.05) is 0 Å². The van der Waals surface area contributed by atoms with Gasteiger partial charge in [0.2, 0.25) is 0 Å². The summed E-state index contributed by atoms with van der Waals surface area (Å²) in [6, 6.07) is 1.36. The summed E-state index contributed by atoms with van der Waals surface area (Å²) < 4.78 is 0. The molecule has 1 amide bonds. The maximum atomic E-state index is 11.7. The third kappa shape index (κ3) is 2.66. The average Bonchev–Trinajstić information content (AvgIpc) is 2.79. The fourth-order valence-corrected chi connectivity index (χ4v) is 2.95. The number of nitrogens with one attached hydrogen (secondary N) is 2. The number of H-pyrrole nitrogens is 1. The number of rotatable bonds is 3. The van der Waals surface area contributed by atoms with E-state index < -0.39 is 0 Å². The molecule has 1 aromatic heterocycles. The molecule has 0 spiro atoms. The Labute approximate surface area is 97.8 Å². The highest BCUT2D eigenvalue weighted by Crippen LogP contribution is 2.22. The number of hydrogen-bond acceptors (Lipinski definition) is 3. The molecule has 0 saturated carbocycles. The molecule has 0 radical (unpaired) electrons. The lowest BCUT2D eigenvalue weighted by Gasteiger charge is -2.09. The van der Waals surface area contributed by atoms with E-state index in [9.17, 15) is 9.59 Å². The van der Waals surface area contributed by atoms with Gasteiger partial charge in [-0.15, -0.1) is 0 Å². The monoisotopic (exact) mass is 238 g/mol. The summed E-state index contributed by atoms with van der Waals surface area (Å²) in [5.74, 6) is 2.55. The van der Waals surface area contributed by atoms with E-state index in [1.165, 1.54) is 24.2 Å². The second-order valence-corrected chi connectivity index (χ2v) is 5.01. The van der Waals surface area contributed by atoms with Crippen molar-refractivity contribution in [2.24, 2.45) is 5.92 Å². The highest BCUT2D eigenvalue weighted by molar-refractivity contribution is 7.99. The third-order valence-corrected chi connectivity index (χ3v) is 3.88. The maximum Gasteiger partial charge on any atom is 0.256 e. The lowest BCUT2D eigenvalue weighted by Crippen LogP contribution is -2.32. The molecular formula is C11H14N2O2S. The smallest absolute Gasteiger partial charge is 0.256 e. The Bertz CT molecular complexity index is 424. The van der Waals surface area contributed by atoms with Crippen LogP contribution in [0.4, 0.5) is 0 Å². The zero-order valence-corrected chi connectivity index (χ0v) is 9.68. The molecule has 0 aromatic carbocycles. The topological polar surface area (TPSA) is 62.0 Å². The van der Waals surface area contributed by atoms with Crippen LogP contribution in [0.25, 0.3) is 0 Å². The molecule has 2 rings (SSSR count). The quantitative estimate of drug-likeness (QED) is 0.821. The number of thioether (sulfide) groups is 1. The fraction of sp³-hybridized carbons (Fsp3) is 0.455. The molecule has 1 saturated heterocycles. The van der Waals surface area contributed by atoms with Gasteiger partial charge < -0.3 is 10.3 Å². The maximum absolute atomic E-state index is 11.7. The van der Waals surface area contributed by atoms with Gasteiger partial charge in [0.05, 0.1) is 0 Å². The first-order valence-corrected chi connectivity index (χ1v) is 6.46. The average molecular weight is 238 g/mol. The molecule has 16 heavy (non-hydrogen) atoms. The van der Waals surface area contributed by atoms with E-state index in [4.69, 9.17) is 0 Å². The Morgan fingerprint density at radius 1 is 1.62 bits per heavy atom. The number of aromatic nitrogens is 1. The molecule has 1 unspecified atom stereocenters. The van der Waals surface area contributed by atoms with Crippen molar-refractivity contribution in [2.45, 2.75) is 6.42 Å². The van der Waals surface area contributed by atoms with Gasteiger partial charge in [0, 0.05) is 25.0 Å². The van der Waals surface area contributed by atoms with Crippen molar-refractivity contribution in [3.05, 3.63) is 34.2 Å². The molecule has 1 aliphatic rings. The van der Waals surface area contributed by atoms with Gasteiger partial charge in [-0.3, -0.25) is 9.59 Å². The minimum atomic E-state index is -0.279. The molecule has 1 aromatic rings. The predicted molar refractivity (Wildman–Crippen MR) is 64.8 cm³/mol. The minimum Gasteiger partial charge on any atom is -0.367 e. The minimum absolute atomic E-state index is 0.188. The van der Waals surface area contributed by atoms with Gasteiger partial charge in [0.15, 0.2) is 5.43 Å². The molecule has 2 heterocycles. The summed E-state index contributed by atoms with van der Waals surface area (Å²) in [5, 5.41) is 2.81. The molecule has 1 atom stereocenters. The summed E-state index contributed by atoms with van der Waals surface area (Å²) in [4.78, 5) is 25.8. The molecular weight excluding hydrogens is 224 g/mol. The number of pyridine rings is 1. The molecule has 1 fully saturated rings. The number of amides is 1. The first kappa shape index (κ1) is 11.3. The van der Waals surface area contributed by atoms with Crippen LogP contribution >= 0.6 is 11.8 Å². The summed E-state index contributed by atoms with van der Waals surface area (Å²) in [6.07, 6.45) is 4.11. The second-order valence-electron chi connectivity index (χ2n) is 3.86. The van der Waals surface area contributed by atoms with Crippen molar-refractivity contribution in [3.8, 4) is 0 Å². The lowest BCUT2D eigenvalue weighted by molar-refractivity contribution is 0.0947. The zero-order valence-electron chi connectivity index (χ0n) is 8.86. The van der Waals surface area contributed by atoms with E-state index in [2.05, 4.69) is 10.3 Å². The zero-order chi connectivity index (χ0) is 11.4. The Kier molecular flexibility index (Phi) is 3.66. The summed E-state index contributed by atoms with van der Waals surface area (Å²) in [6.45, 7) is 0.667. The van der Waals surface area contributed by atoms with Crippen LogP contribution in [-0.4, -0.2) is 28.9 Å². The number of hydrogen-bond donors (Lipinski definition) is 2. The largest absolute Gasteiger partial charge is 0.367 e. The Balaban J connectivity index is 1.93. The molecule has 4 nitrogen and oxygen atoms in total. The number of aromatic amines is 1. The van der Waals surface area contributed by atoms with Gasteiger partial charge in [0.1, 0.15) is 5.56 Å². The molecule has 5 heteroatoms. The van der Waals surface area contributed by atoms with Crippen molar-refractivity contribution in [1.82, 2.24) is 10.3 Å². The Morgan fingerprint density at radius 2 is 2.50 bits per heavy atom. The lowest BCUT2D eigenvalue weighted by atomic mass is 10.1. The SMILES string of the molecule is O=C(NCC1CCSC1)c1c[nH]ccc1=O. The van der Waals surface area contributed by atoms with E-state index in [0.717, 1.165) is 12.2 Å². The molecule has 86 valence electrons. The fourth-order valence-electron chi connectivity index (χ4n) is 1.67. The van der Waals surface area contributed by atoms with Gasteiger partial charge in [-0.25, -0.2) is 0 Å². The van der Waals surface area contributed by atoms with Crippen molar-refractivity contribution < 1.29 is 4.79 Å². The van der Waals surface area contributed by atoms with Crippen LogP contribution in [0.5, 0.6) is 0 Å². The molecule has 0 bridgehead atoms. The standard InChI is InChI=1S/C11H14N2O2S/c14-10-1-3-12-6-9(10)11(15)13-5-8-2-4-16-7-8/h1,3,6,8H,2,4-5,7H2,(H,12,14)(H,13,15). The van der Waals surface area contributed by atoms with Crippen LogP contribution in [0.15, 0.2) is 23.3 Å². The highest BCUT2D eigenvalue weighted by Gasteiger charge is 2.17. The number of carbonyl (C=O) groups is 1. The van der Waals surface area contributed by atoms with Crippen molar-refractivity contribution in [2.75, 3.05) is 18.1 Å². The van der Waals surface area contributed by atoms with Crippen LogP contribution in [-0.2, 0) is 0 Å². The molecule has 1 aliphatic heterocycles. The van der Waals surface area contributed by atoms with E-state index in [1.54, 1.807) is 0 Å². The van der Waals surface area contributed by atoms with E-state index in [1.807, 2.05) is 11.8 Å². The summed E-state index contributed by atoms with van der Waals surface area (Å²) >= 11 is 1.91. The van der Waals surface area contributed by atoms with Crippen molar-refractivity contribution >= 4 is 17.7 Å². The number of carbonyl (C=O) groups excluding carboxylic acids is 1. The summed E-state index contributed by atoms with van der Waals surface area (Å²) in [7, 11) is 0. The van der Waals surface area contributed by atoms with E-state index in [0.29, 0.717) is 12.5 Å². The summed E-state index contributed by atoms with van der Waals surface area (Å²) in [5.41, 5.74) is -0.0507. The predicted octanol–water partition coefficient (Wildman–Crippen LogP) is 0.858. The Hall–Kier alpha value is -1.23. The van der Waals surface area contributed by atoms with Crippen LogP contribution in [0.3, 0.4) is 0 Å². The van der Waals surface area contributed by atoms with Crippen LogP contribution in [0.1, 0.15) is 16.8 Å². The van der Waals surface area contributed by atoms with E-state index >= 15 is 0 Å². The normalized spacial score (nSPS) is 19.6. The van der Waals surface area contributed by atoms with Crippen LogP contribution in [0.2, 0.25) is 0 Å². The van der Waals surface area contributed by atoms with Crippen molar-refractivity contribution in [3.63, 3.8) is 0 Å². The first-order valence-electron chi connectivity index (χ1n) is 5.30. The van der Waals surface area contributed by atoms with Gasteiger partial charge >= 0.3 is 0 Å². The third-order valence-electron chi connectivity index (χ3n) is 2.64. The van der Waals surface area contributed by atoms with Crippen LogP contribution in [0, 0.1) is 5.92 Å². The molecule has 2 N–H and O–H groups in total.